The van der Waals surface area contributed by atoms with Gasteiger partial charge in [-0.25, -0.2) is 24.6 Å². The van der Waals surface area contributed by atoms with Gasteiger partial charge in [-0.2, -0.15) is 0 Å². The maximum Gasteiger partial charge on any atom is 0.354 e. The molecular formula is C6H8F2N6O2. The zero-order chi connectivity index (χ0) is 12.1. The van der Waals surface area contributed by atoms with E-state index in [0.29, 0.717) is 0 Å². The zero-order valence-corrected chi connectivity index (χ0v) is 7.85. The van der Waals surface area contributed by atoms with E-state index in [4.69, 9.17) is 5.84 Å². The van der Waals surface area contributed by atoms with Crippen LogP contribution in [0.15, 0.2) is 6.33 Å². The van der Waals surface area contributed by atoms with Crippen LogP contribution in [0.1, 0.15) is 0 Å². The van der Waals surface area contributed by atoms with Crippen LogP contribution < -0.4 is 16.6 Å². The lowest BCUT2D eigenvalue weighted by Crippen LogP contribution is -2.16. The molecule has 0 amide bonds. The molecule has 0 fully saturated rings. The van der Waals surface area contributed by atoms with Gasteiger partial charge in [-0.1, -0.05) is 0 Å². The van der Waals surface area contributed by atoms with Crippen molar-refractivity contribution >= 4 is 17.3 Å². The highest BCUT2D eigenvalue weighted by molar-refractivity contribution is 5.68. The molecule has 1 aromatic heterocycles. The molecule has 0 aromatic carbocycles. The molecule has 16 heavy (non-hydrogen) atoms. The number of hydrogen-bond acceptors (Lipinski definition) is 7. The number of nitrogen functional groups attached to an aromatic ring is 1. The lowest BCUT2D eigenvalue weighted by molar-refractivity contribution is -0.383. The fourth-order valence-electron chi connectivity index (χ4n) is 0.961. The third kappa shape index (κ3) is 2.70. The van der Waals surface area contributed by atoms with Crippen molar-refractivity contribution in [1.82, 2.24) is 9.97 Å². The summed E-state index contributed by atoms with van der Waals surface area (Å²) in [6.07, 6.45) is -1.68. The topological polar surface area (TPSA) is 119 Å². The van der Waals surface area contributed by atoms with Crippen molar-refractivity contribution in [2.24, 2.45) is 5.84 Å². The lowest BCUT2D eigenvalue weighted by Gasteiger charge is -2.07. The summed E-state index contributed by atoms with van der Waals surface area (Å²) in [6, 6.07) is 0. The zero-order valence-electron chi connectivity index (χ0n) is 7.85. The predicted molar refractivity (Wildman–Crippen MR) is 51.0 cm³/mol. The van der Waals surface area contributed by atoms with E-state index in [0.717, 1.165) is 6.33 Å². The van der Waals surface area contributed by atoms with E-state index in [-0.39, 0.29) is 11.6 Å². The van der Waals surface area contributed by atoms with E-state index in [9.17, 15) is 18.9 Å². The van der Waals surface area contributed by atoms with Crippen LogP contribution in [0.25, 0.3) is 0 Å². The van der Waals surface area contributed by atoms with Crippen molar-refractivity contribution in [3.63, 3.8) is 0 Å². The summed E-state index contributed by atoms with van der Waals surface area (Å²) in [7, 11) is 0. The van der Waals surface area contributed by atoms with E-state index in [2.05, 4.69) is 15.3 Å². The SMILES string of the molecule is NNc1ncnc(NCC(F)F)c1[N+](=O)[O-]. The number of nitro groups is 1. The monoisotopic (exact) mass is 234 g/mol. The highest BCUT2D eigenvalue weighted by atomic mass is 19.3. The van der Waals surface area contributed by atoms with E-state index in [1.807, 2.05) is 5.43 Å². The Morgan fingerprint density at radius 3 is 2.62 bits per heavy atom. The number of nitrogens with one attached hydrogen (secondary N) is 2. The molecule has 0 saturated heterocycles. The molecule has 8 nitrogen and oxygen atoms in total. The van der Waals surface area contributed by atoms with Gasteiger partial charge in [-0.05, 0) is 0 Å². The van der Waals surface area contributed by atoms with Gasteiger partial charge < -0.3 is 10.7 Å². The number of aromatic nitrogens is 2. The Hall–Kier alpha value is -2.10. The molecule has 0 spiro atoms. The standard InChI is InChI=1S/C6H8F2N6O2/c7-3(8)1-10-5-4(14(15)16)6(13-9)12-2-11-5/h2-3H,1,9H2,(H2,10,11,12,13). The second kappa shape index (κ2) is 5.11. The first-order chi connectivity index (χ1) is 7.56. The Bertz CT molecular complexity index is 387. The van der Waals surface area contributed by atoms with Gasteiger partial charge in [0.05, 0.1) is 11.5 Å². The first-order valence-electron chi connectivity index (χ1n) is 4.04. The molecular weight excluding hydrogens is 226 g/mol. The third-order valence-corrected chi connectivity index (χ3v) is 1.57. The minimum Gasteiger partial charge on any atom is -0.358 e. The van der Waals surface area contributed by atoms with Crippen molar-refractivity contribution in [2.45, 2.75) is 6.43 Å². The van der Waals surface area contributed by atoms with Crippen molar-refractivity contribution in [2.75, 3.05) is 17.3 Å². The first-order valence-corrected chi connectivity index (χ1v) is 4.04. The normalized spacial score (nSPS) is 10.2. The second-order valence-corrected chi connectivity index (χ2v) is 2.59. The van der Waals surface area contributed by atoms with Crippen LogP contribution in [0, 0.1) is 10.1 Å². The number of nitrogens with two attached hydrogens (primary N) is 1. The van der Waals surface area contributed by atoms with Crippen LogP contribution in [0.2, 0.25) is 0 Å². The number of rotatable bonds is 5. The molecule has 1 heterocycles. The molecule has 0 aliphatic rings. The van der Waals surface area contributed by atoms with Gasteiger partial charge in [-0.3, -0.25) is 10.1 Å². The van der Waals surface area contributed by atoms with E-state index >= 15 is 0 Å². The summed E-state index contributed by atoms with van der Waals surface area (Å²) < 4.78 is 23.8. The fourth-order valence-corrected chi connectivity index (χ4v) is 0.961. The van der Waals surface area contributed by atoms with Crippen molar-refractivity contribution in [3.8, 4) is 0 Å². The minimum atomic E-state index is -2.65. The second-order valence-electron chi connectivity index (χ2n) is 2.59. The van der Waals surface area contributed by atoms with Gasteiger partial charge in [0.2, 0.25) is 11.6 Å². The van der Waals surface area contributed by atoms with Gasteiger partial charge in [0.25, 0.3) is 6.43 Å². The summed E-state index contributed by atoms with van der Waals surface area (Å²) in [5.41, 5.74) is 1.41. The number of anilines is 2. The summed E-state index contributed by atoms with van der Waals surface area (Å²) in [4.78, 5) is 16.8. The molecule has 0 bridgehead atoms. The molecule has 10 heteroatoms. The lowest BCUT2D eigenvalue weighted by atomic mass is 10.4. The third-order valence-electron chi connectivity index (χ3n) is 1.57. The highest BCUT2D eigenvalue weighted by Crippen LogP contribution is 2.27. The highest BCUT2D eigenvalue weighted by Gasteiger charge is 2.22. The molecule has 0 aliphatic carbocycles. The molecule has 0 radical (unpaired) electrons. The van der Waals surface area contributed by atoms with Crippen LogP contribution in [-0.4, -0.2) is 27.9 Å². The summed E-state index contributed by atoms with van der Waals surface area (Å²) in [5, 5.41) is 12.8. The van der Waals surface area contributed by atoms with Crippen LogP contribution in [0.5, 0.6) is 0 Å². The number of hydrogen-bond donors (Lipinski definition) is 3. The van der Waals surface area contributed by atoms with E-state index in [1.165, 1.54) is 0 Å². The van der Waals surface area contributed by atoms with Crippen molar-refractivity contribution < 1.29 is 13.7 Å². The molecule has 1 rings (SSSR count). The summed E-state index contributed by atoms with van der Waals surface area (Å²) >= 11 is 0. The van der Waals surface area contributed by atoms with Crippen molar-refractivity contribution in [1.29, 1.82) is 0 Å². The van der Waals surface area contributed by atoms with E-state index < -0.39 is 23.6 Å². The molecule has 0 atom stereocenters. The number of nitrogens with zero attached hydrogens (tertiary/aromatic N) is 3. The van der Waals surface area contributed by atoms with Crippen LogP contribution in [0.4, 0.5) is 26.1 Å². The molecule has 0 unspecified atom stereocenters. The molecule has 0 aliphatic heterocycles. The smallest absolute Gasteiger partial charge is 0.354 e. The van der Waals surface area contributed by atoms with Gasteiger partial charge in [0.15, 0.2) is 0 Å². The van der Waals surface area contributed by atoms with Crippen LogP contribution >= 0.6 is 0 Å². The average molecular weight is 234 g/mol. The van der Waals surface area contributed by atoms with E-state index in [1.54, 1.807) is 0 Å². The molecule has 4 N–H and O–H groups in total. The molecule has 88 valence electrons. The Kier molecular flexibility index (Phi) is 3.83. The largest absolute Gasteiger partial charge is 0.358 e. The van der Waals surface area contributed by atoms with Gasteiger partial charge in [0.1, 0.15) is 6.33 Å². The Morgan fingerprint density at radius 1 is 1.50 bits per heavy atom. The van der Waals surface area contributed by atoms with Gasteiger partial charge in [-0.15, -0.1) is 0 Å². The Morgan fingerprint density at radius 2 is 2.12 bits per heavy atom. The maximum atomic E-state index is 11.9. The quantitative estimate of drug-likeness (QED) is 0.382. The van der Waals surface area contributed by atoms with Gasteiger partial charge >= 0.3 is 5.69 Å². The van der Waals surface area contributed by atoms with Gasteiger partial charge in [0, 0.05) is 0 Å². The predicted octanol–water partition coefficient (Wildman–Crippen LogP) is 0.347. The molecule has 0 saturated carbocycles. The number of alkyl halides is 2. The summed E-state index contributed by atoms with van der Waals surface area (Å²) in [6.45, 7) is -0.748. The van der Waals surface area contributed by atoms with Crippen LogP contribution in [0.3, 0.4) is 0 Å². The maximum absolute atomic E-state index is 11.9. The molecule has 1 aromatic rings. The first kappa shape index (κ1) is 12.0. The Labute approximate surface area is 88.0 Å². The fraction of sp³-hybridized carbons (Fsp3) is 0.333. The Balaban J connectivity index is 3.02. The number of hydrazine groups is 1. The minimum absolute atomic E-state index is 0.253. The van der Waals surface area contributed by atoms with Crippen LogP contribution in [-0.2, 0) is 0 Å². The average Bonchev–Trinajstić information content (AvgIpc) is 2.25. The summed E-state index contributed by atoms with van der Waals surface area (Å²) in [5.74, 6) is 4.43. The van der Waals surface area contributed by atoms with Crippen molar-refractivity contribution in [3.05, 3.63) is 16.4 Å². The number of halogens is 2.